The zero-order valence-corrected chi connectivity index (χ0v) is 27.5. The summed E-state index contributed by atoms with van der Waals surface area (Å²) >= 11 is 0. The van der Waals surface area contributed by atoms with Gasteiger partial charge in [0, 0.05) is 59.9 Å². The first-order valence-corrected chi connectivity index (χ1v) is 16.8. The van der Waals surface area contributed by atoms with E-state index < -0.39 is 81.1 Å². The van der Waals surface area contributed by atoms with Crippen molar-refractivity contribution < 1.29 is 47.7 Å². The van der Waals surface area contributed by atoms with Gasteiger partial charge in [-0.05, 0) is 24.8 Å². The van der Waals surface area contributed by atoms with Crippen LogP contribution in [0.1, 0.15) is 47.5 Å². The summed E-state index contributed by atoms with van der Waals surface area (Å²) in [6.07, 6.45) is -2.96. The highest BCUT2D eigenvalue weighted by atomic mass is 33.1. The first kappa shape index (κ1) is 31.4. The van der Waals surface area contributed by atoms with E-state index in [-0.39, 0.29) is 18.6 Å². The fourth-order valence-corrected chi connectivity index (χ4v) is 11.4. The van der Waals surface area contributed by atoms with Gasteiger partial charge in [-0.3, -0.25) is 24.0 Å². The Labute approximate surface area is 263 Å². The number of carbonyl (C=O) groups excluding carboxylic acids is 6. The number of rotatable bonds is 4. The third kappa shape index (κ3) is 3.95. The van der Waals surface area contributed by atoms with Crippen molar-refractivity contribution in [1.82, 2.24) is 19.6 Å². The average Bonchev–Trinajstić information content (AvgIpc) is 3.42. The molecule has 6 saturated heterocycles. The van der Waals surface area contributed by atoms with Gasteiger partial charge in [0.2, 0.25) is 4.87 Å². The van der Waals surface area contributed by atoms with Crippen LogP contribution in [-0.2, 0) is 42.9 Å². The lowest BCUT2D eigenvalue weighted by Crippen LogP contribution is -2.77. The summed E-state index contributed by atoms with van der Waals surface area (Å²) in [6.45, 7) is 9.47. The van der Waals surface area contributed by atoms with Gasteiger partial charge in [0.1, 0.15) is 6.61 Å². The summed E-state index contributed by atoms with van der Waals surface area (Å²) < 4.78 is 23.9. The van der Waals surface area contributed by atoms with Gasteiger partial charge in [0.15, 0.2) is 28.0 Å². The Balaban J connectivity index is 1.40. The van der Waals surface area contributed by atoms with Crippen LogP contribution in [0.2, 0.25) is 0 Å². The SMILES string of the molecule is CC(=O)O[C@H]1[C@]2(OC(C)=O)C[C@]34SS[C@@](COC(=O)N5CCN(C)CC5)(C(=O)N3[C@@H]2C[C@@]12O[C@H](C)C(C)(C)C2=O)N(C)C4=O. The molecular weight excluding hydrogens is 616 g/mol. The molecule has 16 heteroatoms. The maximum atomic E-state index is 14.7. The highest BCUT2D eigenvalue weighted by Gasteiger charge is 2.86. The van der Waals surface area contributed by atoms with Crippen molar-refractivity contribution in [2.24, 2.45) is 5.41 Å². The summed E-state index contributed by atoms with van der Waals surface area (Å²) in [5.74, 6) is -2.76. The Morgan fingerprint density at radius 3 is 2.20 bits per heavy atom. The Hall–Kier alpha value is -2.56. The van der Waals surface area contributed by atoms with E-state index >= 15 is 0 Å². The molecule has 3 amide bonds. The van der Waals surface area contributed by atoms with E-state index in [2.05, 4.69) is 4.90 Å². The number of ketones is 1. The van der Waals surface area contributed by atoms with Crippen molar-refractivity contribution >= 4 is 57.2 Å². The number of nitrogens with zero attached hydrogens (tertiary/aromatic N) is 4. The fraction of sp³-hybridized carbons (Fsp3) is 0.786. The minimum atomic E-state index is -1.76. The summed E-state index contributed by atoms with van der Waals surface area (Å²) in [7, 11) is 5.69. The highest BCUT2D eigenvalue weighted by molar-refractivity contribution is 8.78. The van der Waals surface area contributed by atoms with Crippen LogP contribution in [0.15, 0.2) is 0 Å². The van der Waals surface area contributed by atoms with E-state index in [9.17, 15) is 28.8 Å². The van der Waals surface area contributed by atoms with Crippen LogP contribution in [0.25, 0.3) is 0 Å². The van der Waals surface area contributed by atoms with Crippen LogP contribution in [0, 0.1) is 5.41 Å². The van der Waals surface area contributed by atoms with Crippen LogP contribution < -0.4 is 0 Å². The number of esters is 2. The molecule has 242 valence electrons. The molecule has 6 heterocycles. The Kier molecular flexibility index (Phi) is 7.12. The molecule has 7 rings (SSSR count). The molecule has 14 nitrogen and oxygen atoms in total. The number of Topliss-reactive ketones (excluding diaryl/α,β-unsaturated/α-hetero) is 1. The topological polar surface area (TPSA) is 152 Å². The predicted molar refractivity (Wildman–Crippen MR) is 156 cm³/mol. The van der Waals surface area contributed by atoms with Crippen molar-refractivity contribution in [3.8, 4) is 0 Å². The van der Waals surface area contributed by atoms with Gasteiger partial charge in [-0.2, -0.15) is 0 Å². The van der Waals surface area contributed by atoms with E-state index in [0.717, 1.165) is 21.6 Å². The lowest BCUT2D eigenvalue weighted by Gasteiger charge is -2.58. The largest absolute Gasteiger partial charge is 0.455 e. The van der Waals surface area contributed by atoms with Gasteiger partial charge in [0.05, 0.1) is 17.6 Å². The third-order valence-electron chi connectivity index (χ3n) is 10.3. The minimum Gasteiger partial charge on any atom is -0.455 e. The second kappa shape index (κ2) is 9.97. The molecule has 2 bridgehead atoms. The molecule has 2 spiro atoms. The number of piperazine rings is 2. The van der Waals surface area contributed by atoms with Gasteiger partial charge in [-0.25, -0.2) is 4.79 Å². The summed E-state index contributed by atoms with van der Waals surface area (Å²) in [5, 5.41) is 0. The molecule has 0 aromatic heterocycles. The number of amides is 3. The number of carbonyl (C=O) groups is 6. The molecule has 7 aliphatic rings. The molecule has 0 unspecified atom stereocenters. The lowest BCUT2D eigenvalue weighted by atomic mass is 9.76. The molecule has 0 aromatic rings. The average molecular weight is 655 g/mol. The smallest absolute Gasteiger partial charge is 0.409 e. The summed E-state index contributed by atoms with van der Waals surface area (Å²) in [6, 6.07) is -1.05. The van der Waals surface area contributed by atoms with Gasteiger partial charge < -0.3 is 38.5 Å². The Morgan fingerprint density at radius 1 is 0.977 bits per heavy atom. The first-order chi connectivity index (χ1) is 20.5. The zero-order valence-electron chi connectivity index (χ0n) is 25.9. The molecule has 0 N–H and O–H groups in total. The second-order valence-electron chi connectivity index (χ2n) is 13.3. The van der Waals surface area contributed by atoms with E-state index in [1.807, 2.05) is 7.05 Å². The first-order valence-electron chi connectivity index (χ1n) is 14.7. The normalized spacial score (nSPS) is 40.8. The van der Waals surface area contributed by atoms with Crippen LogP contribution in [0.5, 0.6) is 0 Å². The molecule has 44 heavy (non-hydrogen) atoms. The van der Waals surface area contributed by atoms with Crippen molar-refractivity contribution in [3.63, 3.8) is 0 Å². The number of likely N-dealkylation sites (N-methyl/N-ethyl adjacent to an activating group) is 2. The van der Waals surface area contributed by atoms with E-state index in [0.29, 0.717) is 26.2 Å². The standard InChI is InChI=1S/C28H38N4O10S2/c1-15-24(4,5)19(35)25(41-15)12-18-26(42-17(3)34,20(25)40-16(2)33)13-27-21(36)30(7)28(44-43-27,22(37)32(18)27)14-39-23(38)31-10-8-29(6)9-11-31/h15,18,20H,8-14H2,1-7H3/t15-,18-,20-,25+,26+,27-,28+/m1/s1. The number of hydrogen-bond donors (Lipinski definition) is 0. The monoisotopic (exact) mass is 654 g/mol. The van der Waals surface area contributed by atoms with E-state index in [1.165, 1.54) is 30.7 Å². The minimum absolute atomic E-state index is 0.155. The zero-order chi connectivity index (χ0) is 32.2. The molecule has 1 aliphatic carbocycles. The van der Waals surface area contributed by atoms with Gasteiger partial charge in [-0.1, -0.05) is 24.6 Å². The number of fused-ring (bicyclic) bond motifs is 3. The lowest BCUT2D eigenvalue weighted by molar-refractivity contribution is -0.202. The number of ether oxygens (including phenoxy) is 4. The van der Waals surface area contributed by atoms with E-state index in [4.69, 9.17) is 18.9 Å². The third-order valence-corrected chi connectivity index (χ3v) is 14.0. The predicted octanol–water partition coefficient (Wildman–Crippen LogP) is 0.621. The maximum Gasteiger partial charge on any atom is 0.409 e. The van der Waals surface area contributed by atoms with Gasteiger partial charge >= 0.3 is 18.0 Å². The number of hydrogen-bond acceptors (Lipinski definition) is 13. The second-order valence-corrected chi connectivity index (χ2v) is 15.9. The Morgan fingerprint density at radius 2 is 1.64 bits per heavy atom. The molecule has 0 radical (unpaired) electrons. The van der Waals surface area contributed by atoms with Crippen LogP contribution in [-0.4, -0.2) is 141 Å². The Bertz CT molecular complexity index is 1360. The molecule has 0 aromatic carbocycles. The fourth-order valence-electron chi connectivity index (χ4n) is 7.72. The van der Waals surface area contributed by atoms with Crippen molar-refractivity contribution in [2.75, 3.05) is 46.9 Å². The van der Waals surface area contributed by atoms with Crippen molar-refractivity contribution in [2.45, 2.75) is 86.7 Å². The molecule has 6 aliphatic heterocycles. The van der Waals surface area contributed by atoms with Crippen LogP contribution in [0.3, 0.4) is 0 Å². The maximum absolute atomic E-state index is 14.7. The van der Waals surface area contributed by atoms with Crippen molar-refractivity contribution in [3.05, 3.63) is 0 Å². The summed E-state index contributed by atoms with van der Waals surface area (Å²) in [4.78, 5) is 84.5. The summed E-state index contributed by atoms with van der Waals surface area (Å²) in [5.41, 5.74) is -4.46. The molecule has 7 fully saturated rings. The quantitative estimate of drug-likeness (QED) is 0.237. The van der Waals surface area contributed by atoms with E-state index in [1.54, 1.807) is 25.7 Å². The van der Waals surface area contributed by atoms with Crippen molar-refractivity contribution in [1.29, 1.82) is 0 Å². The highest BCUT2D eigenvalue weighted by Crippen LogP contribution is 2.70. The van der Waals surface area contributed by atoms with Gasteiger partial charge in [-0.15, -0.1) is 0 Å². The molecule has 7 atom stereocenters. The molecular formula is C28H38N4O10S2. The van der Waals surface area contributed by atoms with Gasteiger partial charge in [0.25, 0.3) is 11.8 Å². The van der Waals surface area contributed by atoms with Crippen LogP contribution >= 0.6 is 21.6 Å². The van der Waals surface area contributed by atoms with Crippen LogP contribution in [0.4, 0.5) is 4.79 Å². The molecule has 1 saturated carbocycles.